The molecule has 0 fully saturated rings. The predicted molar refractivity (Wildman–Crippen MR) is 59.4 cm³/mol. The van der Waals surface area contributed by atoms with Crippen LogP contribution in [0.5, 0.6) is 0 Å². The predicted octanol–water partition coefficient (Wildman–Crippen LogP) is 0.152. The number of aliphatic carboxylic acids is 1. The number of hydrogen-bond acceptors (Lipinski definition) is 3. The fraction of sp³-hybridized carbons (Fsp3) is 0.750. The summed E-state index contributed by atoms with van der Waals surface area (Å²) in [5.41, 5.74) is 0. The Bertz CT molecular complexity index is 210. The first kappa shape index (κ1) is 13.6. The van der Waals surface area contributed by atoms with Crippen molar-refractivity contribution in [3.63, 3.8) is 0 Å². The van der Waals surface area contributed by atoms with Crippen molar-refractivity contribution in [3.05, 3.63) is 0 Å². The molecular weight excluding hydrogens is 301 g/mol. The largest absolute Gasteiger partial charge is 0.481 e. The average molecular weight is 315 g/mol. The van der Waals surface area contributed by atoms with Crippen molar-refractivity contribution < 1.29 is 19.8 Å². The lowest BCUT2D eigenvalue weighted by Gasteiger charge is -2.13. The molecule has 5 nitrogen and oxygen atoms in total. The highest BCUT2D eigenvalue weighted by molar-refractivity contribution is 14.1. The van der Waals surface area contributed by atoms with Gasteiger partial charge in [0, 0.05) is 17.4 Å². The molecule has 2 atom stereocenters. The van der Waals surface area contributed by atoms with Gasteiger partial charge in [-0.1, -0.05) is 22.6 Å². The third-order valence-corrected chi connectivity index (χ3v) is 2.46. The maximum atomic E-state index is 10.5. The maximum Gasteiger partial charge on any atom is 0.305 e. The zero-order valence-corrected chi connectivity index (χ0v) is 10.0. The Balaban J connectivity index is 3.65. The van der Waals surface area contributed by atoms with Crippen molar-refractivity contribution in [2.45, 2.75) is 29.8 Å². The summed E-state index contributed by atoms with van der Waals surface area (Å²) < 4.78 is 0.0471. The minimum atomic E-state index is -1.01. The van der Waals surface area contributed by atoms with Crippen LogP contribution >= 0.6 is 22.6 Å². The lowest BCUT2D eigenvalue weighted by molar-refractivity contribution is -0.139. The van der Waals surface area contributed by atoms with E-state index in [1.165, 1.54) is 6.92 Å². The SMILES string of the molecule is CC(=O)NC[C@@H](I)C[C@@H](O)CC(=O)O. The van der Waals surface area contributed by atoms with Gasteiger partial charge in [0.1, 0.15) is 0 Å². The molecular formula is C8H14INO4. The van der Waals surface area contributed by atoms with Crippen LogP contribution in [0.1, 0.15) is 19.8 Å². The van der Waals surface area contributed by atoms with Crippen molar-refractivity contribution in [1.29, 1.82) is 0 Å². The summed E-state index contributed by atoms with van der Waals surface area (Å²) in [6.07, 6.45) is -0.727. The second kappa shape index (κ2) is 6.99. The molecule has 0 unspecified atom stereocenters. The van der Waals surface area contributed by atoms with Crippen molar-refractivity contribution >= 4 is 34.5 Å². The topological polar surface area (TPSA) is 86.6 Å². The molecule has 0 saturated heterocycles. The first-order valence-corrected chi connectivity index (χ1v) is 5.44. The van der Waals surface area contributed by atoms with Crippen molar-refractivity contribution in [1.82, 2.24) is 5.32 Å². The number of aliphatic hydroxyl groups excluding tert-OH is 1. The summed E-state index contributed by atoms with van der Waals surface area (Å²) in [7, 11) is 0. The number of alkyl halides is 1. The van der Waals surface area contributed by atoms with E-state index in [4.69, 9.17) is 5.11 Å². The second-order valence-electron chi connectivity index (χ2n) is 3.02. The van der Waals surface area contributed by atoms with Crippen LogP contribution in [0.15, 0.2) is 0 Å². The fourth-order valence-electron chi connectivity index (χ4n) is 0.918. The number of carbonyl (C=O) groups excluding carboxylic acids is 1. The number of carbonyl (C=O) groups is 2. The van der Waals surface area contributed by atoms with Gasteiger partial charge in [-0.2, -0.15) is 0 Å². The molecule has 0 saturated carbocycles. The second-order valence-corrected chi connectivity index (χ2v) is 4.78. The van der Waals surface area contributed by atoms with E-state index in [2.05, 4.69) is 27.9 Å². The molecule has 82 valence electrons. The lowest BCUT2D eigenvalue weighted by Crippen LogP contribution is -2.29. The average Bonchev–Trinajstić information content (AvgIpc) is 1.98. The van der Waals surface area contributed by atoms with Crippen LogP contribution in [0.2, 0.25) is 0 Å². The van der Waals surface area contributed by atoms with Crippen molar-refractivity contribution in [3.8, 4) is 0 Å². The molecule has 1 amide bonds. The molecule has 0 spiro atoms. The number of carboxylic acid groups (broad SMARTS) is 1. The van der Waals surface area contributed by atoms with Gasteiger partial charge in [-0.05, 0) is 6.42 Å². The normalized spacial score (nSPS) is 14.5. The number of rotatable bonds is 6. The summed E-state index contributed by atoms with van der Waals surface area (Å²) in [4.78, 5) is 20.8. The Morgan fingerprint density at radius 2 is 2.07 bits per heavy atom. The molecule has 3 N–H and O–H groups in total. The van der Waals surface area contributed by atoms with Crippen LogP contribution in [-0.4, -0.2) is 38.7 Å². The maximum absolute atomic E-state index is 10.5. The van der Waals surface area contributed by atoms with Gasteiger partial charge in [0.15, 0.2) is 0 Å². The smallest absolute Gasteiger partial charge is 0.305 e. The highest BCUT2D eigenvalue weighted by Crippen LogP contribution is 2.10. The van der Waals surface area contributed by atoms with Crippen molar-refractivity contribution in [2.24, 2.45) is 0 Å². The number of carboxylic acids is 1. The Morgan fingerprint density at radius 1 is 1.50 bits per heavy atom. The molecule has 0 rings (SSSR count). The summed E-state index contributed by atoms with van der Waals surface area (Å²) in [6.45, 7) is 1.86. The number of hydrogen-bond donors (Lipinski definition) is 3. The summed E-state index contributed by atoms with van der Waals surface area (Å²) in [5.74, 6) is -1.14. The number of aliphatic hydroxyl groups is 1. The van der Waals surface area contributed by atoms with E-state index in [9.17, 15) is 14.7 Å². The van der Waals surface area contributed by atoms with E-state index in [1.807, 2.05) is 0 Å². The van der Waals surface area contributed by atoms with E-state index in [1.54, 1.807) is 0 Å². The van der Waals surface area contributed by atoms with Crippen LogP contribution in [-0.2, 0) is 9.59 Å². The first-order chi connectivity index (χ1) is 6.41. The van der Waals surface area contributed by atoms with Crippen LogP contribution in [0.25, 0.3) is 0 Å². The first-order valence-electron chi connectivity index (χ1n) is 4.20. The highest BCUT2D eigenvalue weighted by Gasteiger charge is 2.14. The third kappa shape index (κ3) is 8.24. The molecule has 0 aliphatic rings. The quantitative estimate of drug-likeness (QED) is 0.481. The van der Waals surface area contributed by atoms with E-state index in [0.29, 0.717) is 13.0 Å². The highest BCUT2D eigenvalue weighted by atomic mass is 127. The standard InChI is InChI=1S/C8H14INO4/c1-5(11)10-4-6(9)2-7(12)3-8(13)14/h6-7,12H,2-4H2,1H3,(H,10,11)(H,13,14)/t6-,7+/m0/s1. The van der Waals surface area contributed by atoms with Gasteiger partial charge >= 0.3 is 5.97 Å². The van der Waals surface area contributed by atoms with Gasteiger partial charge in [-0.3, -0.25) is 9.59 Å². The van der Waals surface area contributed by atoms with Crippen LogP contribution in [0.4, 0.5) is 0 Å². The molecule has 6 heteroatoms. The lowest BCUT2D eigenvalue weighted by atomic mass is 10.1. The molecule has 0 aliphatic carbocycles. The fourth-order valence-corrected chi connectivity index (χ4v) is 1.73. The van der Waals surface area contributed by atoms with Gasteiger partial charge in [0.2, 0.25) is 5.91 Å². The molecule has 0 aromatic carbocycles. The number of amides is 1. The molecule has 0 heterocycles. The molecule has 0 aromatic rings. The Hall–Kier alpha value is -0.370. The van der Waals surface area contributed by atoms with E-state index in [-0.39, 0.29) is 16.3 Å². The van der Waals surface area contributed by atoms with Gasteiger partial charge in [0.25, 0.3) is 0 Å². The van der Waals surface area contributed by atoms with E-state index < -0.39 is 12.1 Å². The van der Waals surface area contributed by atoms with Crippen LogP contribution in [0.3, 0.4) is 0 Å². The van der Waals surface area contributed by atoms with Gasteiger partial charge in [-0.15, -0.1) is 0 Å². The van der Waals surface area contributed by atoms with Gasteiger partial charge in [-0.25, -0.2) is 0 Å². The third-order valence-electron chi connectivity index (χ3n) is 1.51. The Kier molecular flexibility index (Phi) is 6.81. The van der Waals surface area contributed by atoms with Gasteiger partial charge in [0.05, 0.1) is 12.5 Å². The Labute approximate surface area is 96.0 Å². The zero-order valence-electron chi connectivity index (χ0n) is 7.86. The summed E-state index contributed by atoms with van der Waals surface area (Å²) >= 11 is 2.07. The number of halogens is 1. The summed E-state index contributed by atoms with van der Waals surface area (Å²) in [5, 5.41) is 20.2. The Morgan fingerprint density at radius 3 is 2.50 bits per heavy atom. The minimum absolute atomic E-state index is 0.0471. The minimum Gasteiger partial charge on any atom is -0.481 e. The number of nitrogens with one attached hydrogen (secondary N) is 1. The monoisotopic (exact) mass is 315 g/mol. The molecule has 14 heavy (non-hydrogen) atoms. The van der Waals surface area contributed by atoms with E-state index in [0.717, 1.165) is 0 Å². The molecule has 0 bridgehead atoms. The van der Waals surface area contributed by atoms with Crippen LogP contribution < -0.4 is 5.32 Å². The summed E-state index contributed by atoms with van der Waals surface area (Å²) in [6, 6.07) is 0. The van der Waals surface area contributed by atoms with Crippen LogP contribution in [0, 0.1) is 0 Å². The zero-order chi connectivity index (χ0) is 11.1. The van der Waals surface area contributed by atoms with Gasteiger partial charge < -0.3 is 15.5 Å². The molecule has 0 aliphatic heterocycles. The molecule has 0 radical (unpaired) electrons. The van der Waals surface area contributed by atoms with Crippen molar-refractivity contribution in [2.75, 3.05) is 6.54 Å². The molecule has 0 aromatic heterocycles. The van der Waals surface area contributed by atoms with E-state index >= 15 is 0 Å².